The molecular weight excluding hydrogens is 322 g/mol. The van der Waals surface area contributed by atoms with E-state index in [1.165, 1.54) is 0 Å². The Hall–Kier alpha value is -2.28. The van der Waals surface area contributed by atoms with Crippen LogP contribution in [0.1, 0.15) is 12.5 Å². The molecule has 0 spiro atoms. The first kappa shape index (κ1) is 16.6. The Morgan fingerprint density at radius 2 is 2.17 bits per heavy atom. The highest BCUT2D eigenvalue weighted by atomic mass is 32.1. The van der Waals surface area contributed by atoms with Crippen molar-refractivity contribution in [2.45, 2.75) is 13.5 Å². The van der Waals surface area contributed by atoms with Crippen LogP contribution >= 0.6 is 11.3 Å². The van der Waals surface area contributed by atoms with Gasteiger partial charge in [-0.1, -0.05) is 12.1 Å². The van der Waals surface area contributed by atoms with Gasteiger partial charge in [0.1, 0.15) is 5.75 Å². The topological polar surface area (TPSA) is 67.0 Å². The summed E-state index contributed by atoms with van der Waals surface area (Å²) in [7, 11) is 0. The van der Waals surface area contributed by atoms with E-state index in [-0.39, 0.29) is 0 Å². The van der Waals surface area contributed by atoms with Gasteiger partial charge in [0.2, 0.25) is 0 Å². The molecule has 0 radical (unpaired) electrons. The minimum Gasteiger partial charge on any atom is -0.494 e. The number of nitrogens with zero attached hydrogens (tertiary/aromatic N) is 4. The van der Waals surface area contributed by atoms with E-state index in [0.717, 1.165) is 42.6 Å². The van der Waals surface area contributed by atoms with Crippen LogP contribution in [0.3, 0.4) is 0 Å². The van der Waals surface area contributed by atoms with Gasteiger partial charge in [0.15, 0.2) is 11.1 Å². The third-order valence-corrected chi connectivity index (χ3v) is 4.76. The number of aliphatic imine (C=N–C) groups is 1. The molecule has 24 heavy (non-hydrogen) atoms. The van der Waals surface area contributed by atoms with Crippen molar-refractivity contribution in [3.8, 4) is 5.75 Å². The molecule has 3 rings (SSSR count). The smallest absolute Gasteiger partial charge is 0.191 e. The van der Waals surface area contributed by atoms with Crippen molar-refractivity contribution in [2.24, 2.45) is 10.7 Å². The highest BCUT2D eigenvalue weighted by Gasteiger charge is 2.19. The average molecular weight is 345 g/mol. The fourth-order valence-electron chi connectivity index (χ4n) is 2.67. The molecule has 1 aromatic heterocycles. The van der Waals surface area contributed by atoms with Gasteiger partial charge in [-0.05, 0) is 24.6 Å². The first-order valence-electron chi connectivity index (χ1n) is 8.17. The number of nitrogens with two attached hydrogens (primary N) is 1. The van der Waals surface area contributed by atoms with Crippen LogP contribution in [-0.2, 0) is 6.54 Å². The predicted molar refractivity (Wildman–Crippen MR) is 98.8 cm³/mol. The summed E-state index contributed by atoms with van der Waals surface area (Å²) in [5.74, 6) is 1.48. The molecule has 0 aliphatic carbocycles. The van der Waals surface area contributed by atoms with E-state index in [1.54, 1.807) is 11.3 Å². The number of ether oxygens (including phenoxy) is 1. The number of benzene rings is 1. The molecule has 7 heteroatoms. The third-order valence-electron chi connectivity index (χ3n) is 3.93. The summed E-state index contributed by atoms with van der Waals surface area (Å²) in [5.41, 5.74) is 7.27. The molecule has 1 aliphatic heterocycles. The van der Waals surface area contributed by atoms with Crippen LogP contribution < -0.4 is 15.4 Å². The van der Waals surface area contributed by atoms with Gasteiger partial charge in [0.05, 0.1) is 13.2 Å². The van der Waals surface area contributed by atoms with E-state index in [9.17, 15) is 0 Å². The Morgan fingerprint density at radius 1 is 1.33 bits per heavy atom. The van der Waals surface area contributed by atoms with E-state index in [2.05, 4.69) is 19.8 Å². The molecule has 2 aromatic rings. The first-order valence-corrected chi connectivity index (χ1v) is 9.05. The molecule has 1 saturated heterocycles. The maximum atomic E-state index is 6.17. The second-order valence-corrected chi connectivity index (χ2v) is 6.42. The molecule has 0 amide bonds. The molecule has 2 heterocycles. The molecule has 1 aliphatic rings. The summed E-state index contributed by atoms with van der Waals surface area (Å²) >= 11 is 1.67. The second kappa shape index (κ2) is 8.01. The summed E-state index contributed by atoms with van der Waals surface area (Å²) < 4.78 is 5.52. The van der Waals surface area contributed by atoms with E-state index < -0.39 is 0 Å². The van der Waals surface area contributed by atoms with Crippen LogP contribution in [-0.4, -0.2) is 48.6 Å². The van der Waals surface area contributed by atoms with E-state index in [1.807, 2.05) is 42.8 Å². The van der Waals surface area contributed by atoms with Gasteiger partial charge in [-0.15, -0.1) is 11.3 Å². The van der Waals surface area contributed by atoms with Crippen LogP contribution in [0.5, 0.6) is 5.75 Å². The van der Waals surface area contributed by atoms with Crippen molar-refractivity contribution in [3.63, 3.8) is 0 Å². The fraction of sp³-hybridized carbons (Fsp3) is 0.412. The predicted octanol–water partition coefficient (Wildman–Crippen LogP) is 2.18. The fourth-order valence-corrected chi connectivity index (χ4v) is 3.37. The lowest BCUT2D eigenvalue weighted by Crippen LogP contribution is -2.51. The summed E-state index contributed by atoms with van der Waals surface area (Å²) in [6.07, 6.45) is 1.85. The quantitative estimate of drug-likeness (QED) is 0.664. The average Bonchev–Trinajstić information content (AvgIpc) is 3.15. The number of anilines is 1. The lowest BCUT2D eigenvalue weighted by molar-refractivity contribution is 0.340. The highest BCUT2D eigenvalue weighted by molar-refractivity contribution is 7.13. The summed E-state index contributed by atoms with van der Waals surface area (Å²) in [6, 6.07) is 8.00. The van der Waals surface area contributed by atoms with Crippen LogP contribution in [0.15, 0.2) is 40.8 Å². The zero-order valence-electron chi connectivity index (χ0n) is 13.9. The number of rotatable bonds is 5. The normalized spacial score (nSPS) is 15.6. The van der Waals surface area contributed by atoms with Gasteiger partial charge in [0.25, 0.3) is 0 Å². The van der Waals surface area contributed by atoms with Crippen molar-refractivity contribution in [1.82, 2.24) is 9.88 Å². The van der Waals surface area contributed by atoms with E-state index in [4.69, 9.17) is 10.5 Å². The van der Waals surface area contributed by atoms with Crippen LogP contribution in [0.4, 0.5) is 5.13 Å². The summed E-state index contributed by atoms with van der Waals surface area (Å²) in [4.78, 5) is 13.3. The third kappa shape index (κ3) is 4.17. The molecule has 1 fully saturated rings. The Morgan fingerprint density at radius 3 is 2.88 bits per heavy atom. The van der Waals surface area contributed by atoms with Crippen LogP contribution in [0, 0.1) is 0 Å². The van der Waals surface area contributed by atoms with E-state index in [0.29, 0.717) is 19.1 Å². The van der Waals surface area contributed by atoms with Crippen molar-refractivity contribution in [3.05, 3.63) is 41.4 Å². The van der Waals surface area contributed by atoms with Crippen molar-refractivity contribution >= 4 is 22.4 Å². The molecule has 0 atom stereocenters. The minimum absolute atomic E-state index is 0.569. The number of hydrogen-bond acceptors (Lipinski definition) is 5. The molecule has 6 nitrogen and oxygen atoms in total. The Bertz CT molecular complexity index is 665. The first-order chi connectivity index (χ1) is 11.8. The molecule has 0 saturated carbocycles. The summed E-state index contributed by atoms with van der Waals surface area (Å²) in [6.45, 7) is 6.79. The van der Waals surface area contributed by atoms with Crippen molar-refractivity contribution in [1.29, 1.82) is 0 Å². The lowest BCUT2D eigenvalue weighted by atomic mass is 10.2. The maximum Gasteiger partial charge on any atom is 0.191 e. The van der Waals surface area contributed by atoms with Gasteiger partial charge >= 0.3 is 0 Å². The molecule has 2 N–H and O–H groups in total. The largest absolute Gasteiger partial charge is 0.494 e. The van der Waals surface area contributed by atoms with Crippen molar-refractivity contribution < 1.29 is 4.74 Å². The summed E-state index contributed by atoms with van der Waals surface area (Å²) in [5, 5.41) is 3.09. The van der Waals surface area contributed by atoms with E-state index >= 15 is 0 Å². The Balaban J connectivity index is 1.54. The lowest BCUT2D eigenvalue weighted by Gasteiger charge is -2.35. The van der Waals surface area contributed by atoms with Crippen LogP contribution in [0.25, 0.3) is 0 Å². The number of hydrogen-bond donors (Lipinski definition) is 1. The molecular formula is C17H23N5OS. The van der Waals surface area contributed by atoms with Gasteiger partial charge in [-0.25, -0.2) is 9.98 Å². The molecule has 128 valence electrons. The molecule has 1 aromatic carbocycles. The Kier molecular flexibility index (Phi) is 5.53. The van der Waals surface area contributed by atoms with Crippen molar-refractivity contribution in [2.75, 3.05) is 37.7 Å². The van der Waals surface area contributed by atoms with Gasteiger partial charge in [-0.3, -0.25) is 0 Å². The molecule has 0 bridgehead atoms. The minimum atomic E-state index is 0.569. The second-order valence-electron chi connectivity index (χ2n) is 5.54. The van der Waals surface area contributed by atoms with Gasteiger partial charge < -0.3 is 20.3 Å². The van der Waals surface area contributed by atoms with Gasteiger partial charge in [-0.2, -0.15) is 0 Å². The highest BCUT2D eigenvalue weighted by Crippen LogP contribution is 2.19. The Labute approximate surface area is 146 Å². The van der Waals surface area contributed by atoms with Gasteiger partial charge in [0, 0.05) is 37.8 Å². The number of piperazine rings is 1. The number of thiazole rings is 1. The SMILES string of the molecule is CCOc1cccc(CN=C(N)N2CCN(c3nccs3)CC2)c1. The maximum absolute atomic E-state index is 6.17. The standard InChI is InChI=1S/C17H23N5OS/c1-2-23-15-5-3-4-14(12-15)13-20-16(18)21-7-9-22(10-8-21)17-19-6-11-24-17/h3-6,11-12H,2,7-10,13H2,1H3,(H2,18,20). The monoisotopic (exact) mass is 345 g/mol. The zero-order valence-corrected chi connectivity index (χ0v) is 14.7. The zero-order chi connectivity index (χ0) is 16.8. The van der Waals surface area contributed by atoms with Crippen LogP contribution in [0.2, 0.25) is 0 Å². The number of guanidine groups is 1. The number of aromatic nitrogens is 1. The molecule has 0 unspecified atom stereocenters.